The molecule has 2 N–H and O–H groups in total. The van der Waals surface area contributed by atoms with Crippen LogP contribution in [-0.2, 0) is 10.2 Å². The zero-order chi connectivity index (χ0) is 11.9. The second-order valence-corrected chi connectivity index (χ2v) is 4.99. The van der Waals surface area contributed by atoms with Gasteiger partial charge < -0.3 is 10.5 Å². The third kappa shape index (κ3) is 2.31. The quantitative estimate of drug-likeness (QED) is 0.785. The van der Waals surface area contributed by atoms with Crippen molar-refractivity contribution in [1.82, 2.24) is 0 Å². The van der Waals surface area contributed by atoms with Gasteiger partial charge in [-0.05, 0) is 35.1 Å². The van der Waals surface area contributed by atoms with Gasteiger partial charge in [0.05, 0.1) is 12.7 Å². The molecule has 0 spiro atoms. The van der Waals surface area contributed by atoms with Crippen LogP contribution in [-0.4, -0.2) is 13.1 Å². The fourth-order valence-electron chi connectivity index (χ4n) is 2.50. The summed E-state index contributed by atoms with van der Waals surface area (Å²) in [5.74, 6) is -0.306. The SMILES string of the molecule is COC(=O)c1ccc2c(c1)[C@@H](N)CC2(C)C.Cl. The summed E-state index contributed by atoms with van der Waals surface area (Å²) in [4.78, 5) is 11.4. The smallest absolute Gasteiger partial charge is 0.337 e. The number of methoxy groups -OCH3 is 1. The van der Waals surface area contributed by atoms with E-state index in [0.717, 1.165) is 12.0 Å². The normalized spacial score (nSPS) is 20.4. The summed E-state index contributed by atoms with van der Waals surface area (Å²) >= 11 is 0. The molecular weight excluding hydrogens is 238 g/mol. The number of halogens is 1. The second kappa shape index (κ2) is 4.67. The summed E-state index contributed by atoms with van der Waals surface area (Å²) in [7, 11) is 1.39. The Kier molecular flexibility index (Phi) is 3.84. The van der Waals surface area contributed by atoms with E-state index in [0.29, 0.717) is 5.56 Å². The molecule has 1 atom stereocenters. The zero-order valence-electron chi connectivity index (χ0n) is 10.3. The Hall–Kier alpha value is -1.06. The fourth-order valence-corrected chi connectivity index (χ4v) is 2.50. The third-order valence-electron chi connectivity index (χ3n) is 3.33. The second-order valence-electron chi connectivity index (χ2n) is 4.99. The molecule has 0 fully saturated rings. The Bertz CT molecular complexity index is 443. The maximum atomic E-state index is 11.4. The van der Waals surface area contributed by atoms with Crippen LogP contribution in [0.1, 0.15) is 47.8 Å². The Labute approximate surface area is 108 Å². The first kappa shape index (κ1) is 14.0. The number of ether oxygens (including phenoxy) is 1. The number of esters is 1. The molecule has 0 heterocycles. The van der Waals surface area contributed by atoms with Gasteiger partial charge in [-0.2, -0.15) is 0 Å². The van der Waals surface area contributed by atoms with Crippen LogP contribution in [0.5, 0.6) is 0 Å². The van der Waals surface area contributed by atoms with Crippen LogP contribution < -0.4 is 5.73 Å². The first-order valence-corrected chi connectivity index (χ1v) is 5.44. The lowest BCUT2D eigenvalue weighted by Gasteiger charge is -2.18. The third-order valence-corrected chi connectivity index (χ3v) is 3.33. The largest absolute Gasteiger partial charge is 0.465 e. The number of benzene rings is 1. The molecule has 0 saturated carbocycles. The average Bonchev–Trinajstić information content (AvgIpc) is 2.48. The molecule has 94 valence electrons. The maximum absolute atomic E-state index is 11.4. The van der Waals surface area contributed by atoms with Crippen molar-refractivity contribution in [3.8, 4) is 0 Å². The lowest BCUT2D eigenvalue weighted by molar-refractivity contribution is 0.0600. The minimum absolute atomic E-state index is 0. The minimum Gasteiger partial charge on any atom is -0.465 e. The van der Waals surface area contributed by atoms with E-state index in [4.69, 9.17) is 10.5 Å². The summed E-state index contributed by atoms with van der Waals surface area (Å²) in [5, 5.41) is 0. The standard InChI is InChI=1S/C13H17NO2.ClH/c1-13(2)7-11(14)9-6-8(12(15)16-3)4-5-10(9)13;/h4-6,11H,7,14H2,1-3H3;1H/t11-;/m0./s1. The van der Waals surface area contributed by atoms with E-state index in [9.17, 15) is 4.79 Å². The number of nitrogens with two attached hydrogens (primary N) is 1. The van der Waals surface area contributed by atoms with Crippen LogP contribution in [0.3, 0.4) is 0 Å². The van der Waals surface area contributed by atoms with Gasteiger partial charge in [0.1, 0.15) is 0 Å². The Balaban J connectivity index is 0.00000144. The first-order valence-electron chi connectivity index (χ1n) is 5.44. The van der Waals surface area contributed by atoms with Crippen molar-refractivity contribution in [2.45, 2.75) is 31.7 Å². The van der Waals surface area contributed by atoms with E-state index in [1.807, 2.05) is 18.2 Å². The van der Waals surface area contributed by atoms with Crippen LogP contribution in [0.2, 0.25) is 0 Å². The van der Waals surface area contributed by atoms with Crippen molar-refractivity contribution < 1.29 is 9.53 Å². The van der Waals surface area contributed by atoms with Crippen LogP contribution in [0.15, 0.2) is 18.2 Å². The van der Waals surface area contributed by atoms with Gasteiger partial charge >= 0.3 is 5.97 Å². The summed E-state index contributed by atoms with van der Waals surface area (Å²) < 4.78 is 4.70. The zero-order valence-corrected chi connectivity index (χ0v) is 11.1. The van der Waals surface area contributed by atoms with Crippen molar-refractivity contribution in [3.63, 3.8) is 0 Å². The highest BCUT2D eigenvalue weighted by Gasteiger charge is 2.35. The number of fused-ring (bicyclic) bond motifs is 1. The monoisotopic (exact) mass is 255 g/mol. The van der Waals surface area contributed by atoms with Crippen molar-refractivity contribution in [2.24, 2.45) is 5.73 Å². The molecule has 1 aromatic rings. The van der Waals surface area contributed by atoms with E-state index >= 15 is 0 Å². The van der Waals surface area contributed by atoms with Gasteiger partial charge in [-0.1, -0.05) is 19.9 Å². The molecule has 0 saturated heterocycles. The topological polar surface area (TPSA) is 52.3 Å². The van der Waals surface area contributed by atoms with E-state index in [1.54, 1.807) is 0 Å². The van der Waals surface area contributed by atoms with Crippen molar-refractivity contribution in [3.05, 3.63) is 34.9 Å². The van der Waals surface area contributed by atoms with E-state index in [1.165, 1.54) is 12.7 Å². The van der Waals surface area contributed by atoms with Gasteiger partial charge in [0.15, 0.2) is 0 Å². The lowest BCUT2D eigenvalue weighted by atomic mass is 9.86. The molecular formula is C13H18ClNO2. The van der Waals surface area contributed by atoms with E-state index < -0.39 is 0 Å². The van der Waals surface area contributed by atoms with E-state index in [2.05, 4.69) is 13.8 Å². The molecule has 1 aliphatic rings. The molecule has 0 amide bonds. The molecule has 4 heteroatoms. The molecule has 0 bridgehead atoms. The number of carbonyl (C=O) groups excluding carboxylic acids is 1. The van der Waals surface area contributed by atoms with E-state index in [-0.39, 0.29) is 29.8 Å². The summed E-state index contributed by atoms with van der Waals surface area (Å²) in [6, 6.07) is 5.69. The van der Waals surface area contributed by atoms with Crippen molar-refractivity contribution >= 4 is 18.4 Å². The van der Waals surface area contributed by atoms with Crippen LogP contribution >= 0.6 is 12.4 Å². The molecule has 0 unspecified atom stereocenters. The number of rotatable bonds is 1. The molecule has 0 radical (unpaired) electrons. The van der Waals surface area contributed by atoms with Gasteiger partial charge in [0.2, 0.25) is 0 Å². The fraction of sp³-hybridized carbons (Fsp3) is 0.462. The van der Waals surface area contributed by atoms with Crippen LogP contribution in [0.25, 0.3) is 0 Å². The Morgan fingerprint density at radius 3 is 2.71 bits per heavy atom. The molecule has 2 rings (SSSR count). The van der Waals surface area contributed by atoms with Crippen molar-refractivity contribution in [2.75, 3.05) is 7.11 Å². The molecule has 3 nitrogen and oxygen atoms in total. The first-order chi connectivity index (χ1) is 7.45. The predicted octanol–water partition coefficient (Wildman–Crippen LogP) is 2.58. The van der Waals surface area contributed by atoms with Crippen LogP contribution in [0.4, 0.5) is 0 Å². The predicted molar refractivity (Wildman–Crippen MR) is 69.6 cm³/mol. The number of hydrogen-bond acceptors (Lipinski definition) is 3. The summed E-state index contributed by atoms with van der Waals surface area (Å²) in [6.45, 7) is 4.35. The van der Waals surface area contributed by atoms with Crippen LogP contribution in [0, 0.1) is 0 Å². The minimum atomic E-state index is -0.306. The molecule has 1 aliphatic carbocycles. The number of hydrogen-bond donors (Lipinski definition) is 1. The molecule has 0 aliphatic heterocycles. The molecule has 1 aromatic carbocycles. The highest BCUT2D eigenvalue weighted by atomic mass is 35.5. The van der Waals surface area contributed by atoms with Gasteiger partial charge in [-0.25, -0.2) is 4.79 Å². The van der Waals surface area contributed by atoms with Gasteiger partial charge in [0, 0.05) is 6.04 Å². The lowest BCUT2D eigenvalue weighted by Crippen LogP contribution is -2.14. The average molecular weight is 256 g/mol. The van der Waals surface area contributed by atoms with Gasteiger partial charge in [-0.15, -0.1) is 12.4 Å². The highest BCUT2D eigenvalue weighted by molar-refractivity contribution is 5.89. The molecule has 17 heavy (non-hydrogen) atoms. The Morgan fingerprint density at radius 1 is 1.47 bits per heavy atom. The van der Waals surface area contributed by atoms with Crippen molar-refractivity contribution in [1.29, 1.82) is 0 Å². The maximum Gasteiger partial charge on any atom is 0.337 e. The summed E-state index contributed by atoms with van der Waals surface area (Å²) in [5.41, 5.74) is 9.08. The van der Waals surface area contributed by atoms with Gasteiger partial charge in [-0.3, -0.25) is 0 Å². The number of carbonyl (C=O) groups is 1. The summed E-state index contributed by atoms with van der Waals surface area (Å²) in [6.07, 6.45) is 0.924. The highest BCUT2D eigenvalue weighted by Crippen LogP contribution is 2.43. The Morgan fingerprint density at radius 2 is 2.12 bits per heavy atom. The van der Waals surface area contributed by atoms with Gasteiger partial charge in [0.25, 0.3) is 0 Å². The molecule has 0 aromatic heterocycles.